The van der Waals surface area contributed by atoms with E-state index in [1.54, 1.807) is 0 Å². The van der Waals surface area contributed by atoms with Gasteiger partial charge in [-0.05, 0) is 22.6 Å². The van der Waals surface area contributed by atoms with Gasteiger partial charge in [-0.3, -0.25) is 0 Å². The standard InChI is InChI=1S/C16H19S.Li/c1-2-3-4-8-11-15-12-13-16(17-15)14-9-6-5-7-10-14;/h5-7,9,12-13H,2-4,8,11H2,1H3;/q-1;+1. The van der Waals surface area contributed by atoms with Gasteiger partial charge in [-0.1, -0.05) is 38.3 Å². The molecule has 18 heavy (non-hydrogen) atoms. The maximum Gasteiger partial charge on any atom is 1.00 e. The molecule has 0 nitrogen and oxygen atoms in total. The van der Waals surface area contributed by atoms with Gasteiger partial charge in [0.05, 0.1) is 0 Å². The fourth-order valence-electron chi connectivity index (χ4n) is 1.93. The van der Waals surface area contributed by atoms with Crippen molar-refractivity contribution in [3.05, 3.63) is 47.3 Å². The van der Waals surface area contributed by atoms with Gasteiger partial charge >= 0.3 is 18.9 Å². The fourth-order valence-corrected chi connectivity index (χ4v) is 2.97. The Kier molecular flexibility index (Phi) is 7.43. The Morgan fingerprint density at radius 3 is 2.67 bits per heavy atom. The Bertz CT molecular complexity index is 433. The second-order valence-corrected chi connectivity index (χ2v) is 5.52. The summed E-state index contributed by atoms with van der Waals surface area (Å²) in [4.78, 5) is 2.85. The summed E-state index contributed by atoms with van der Waals surface area (Å²) in [5.74, 6) is 0. The van der Waals surface area contributed by atoms with Gasteiger partial charge in [-0.25, -0.2) is 0 Å². The van der Waals surface area contributed by atoms with E-state index in [1.807, 2.05) is 23.5 Å². The second kappa shape index (κ2) is 8.59. The molecule has 90 valence electrons. The molecule has 2 heteroatoms. The summed E-state index contributed by atoms with van der Waals surface area (Å²) in [5, 5.41) is 0. The number of hydrogen-bond acceptors (Lipinski definition) is 1. The maximum absolute atomic E-state index is 3.28. The first kappa shape index (κ1) is 15.6. The zero-order valence-electron chi connectivity index (χ0n) is 11.4. The summed E-state index contributed by atoms with van der Waals surface area (Å²) in [6, 6.07) is 16.0. The van der Waals surface area contributed by atoms with Crippen molar-refractivity contribution in [1.29, 1.82) is 0 Å². The van der Waals surface area contributed by atoms with Gasteiger partial charge < -0.3 is 0 Å². The Morgan fingerprint density at radius 1 is 1.06 bits per heavy atom. The quantitative estimate of drug-likeness (QED) is 0.419. The molecule has 0 fully saturated rings. The van der Waals surface area contributed by atoms with Gasteiger partial charge in [0.25, 0.3) is 0 Å². The molecule has 0 N–H and O–H groups in total. The average Bonchev–Trinajstić information content (AvgIpc) is 2.85. The van der Waals surface area contributed by atoms with E-state index in [2.05, 4.69) is 37.3 Å². The second-order valence-electron chi connectivity index (χ2n) is 4.35. The van der Waals surface area contributed by atoms with Crippen molar-refractivity contribution in [1.82, 2.24) is 0 Å². The Labute approximate surface area is 127 Å². The minimum atomic E-state index is 0. The molecular formula is C16H19LiS. The van der Waals surface area contributed by atoms with Crippen LogP contribution in [0, 0.1) is 6.07 Å². The van der Waals surface area contributed by atoms with Gasteiger partial charge in [0.1, 0.15) is 0 Å². The van der Waals surface area contributed by atoms with Gasteiger partial charge in [0.2, 0.25) is 0 Å². The van der Waals surface area contributed by atoms with Crippen LogP contribution in [-0.4, -0.2) is 0 Å². The molecule has 1 aromatic heterocycles. The molecule has 0 aliphatic rings. The van der Waals surface area contributed by atoms with Crippen LogP contribution in [0.3, 0.4) is 0 Å². The zero-order valence-corrected chi connectivity index (χ0v) is 12.2. The predicted molar refractivity (Wildman–Crippen MR) is 76.4 cm³/mol. The van der Waals surface area contributed by atoms with Crippen LogP contribution in [0.2, 0.25) is 0 Å². The van der Waals surface area contributed by atoms with Crippen LogP contribution in [0.1, 0.15) is 37.5 Å². The minimum Gasteiger partial charge on any atom is -0.192 e. The van der Waals surface area contributed by atoms with Crippen molar-refractivity contribution in [2.75, 3.05) is 0 Å². The molecule has 0 radical (unpaired) electrons. The van der Waals surface area contributed by atoms with Crippen LogP contribution in [0.25, 0.3) is 10.4 Å². The molecule has 0 saturated carbocycles. The van der Waals surface area contributed by atoms with E-state index in [-0.39, 0.29) is 18.9 Å². The molecule has 0 aliphatic heterocycles. The summed E-state index contributed by atoms with van der Waals surface area (Å²) in [6.07, 6.45) is 6.60. The van der Waals surface area contributed by atoms with E-state index in [0.29, 0.717) is 0 Å². The van der Waals surface area contributed by atoms with Gasteiger partial charge in [-0.15, -0.1) is 35.9 Å². The molecule has 1 heterocycles. The molecule has 0 atom stereocenters. The monoisotopic (exact) mass is 250 g/mol. The molecule has 0 amide bonds. The van der Waals surface area contributed by atoms with E-state index < -0.39 is 0 Å². The Hall–Kier alpha value is -0.483. The van der Waals surface area contributed by atoms with Crippen LogP contribution >= 0.6 is 11.3 Å². The third kappa shape index (κ3) is 4.65. The number of hydrogen-bond donors (Lipinski definition) is 0. The smallest absolute Gasteiger partial charge is 0.192 e. The number of benzene rings is 1. The van der Waals surface area contributed by atoms with Crippen molar-refractivity contribution in [3.8, 4) is 10.4 Å². The SMILES string of the molecule is CCCCCCc1ccc(-c2[c-]cccc2)s1.[Li+]. The summed E-state index contributed by atoms with van der Waals surface area (Å²) in [5.41, 5.74) is 1.22. The molecule has 2 aromatic rings. The third-order valence-electron chi connectivity index (χ3n) is 2.91. The number of aryl methyl sites for hydroxylation is 1. The normalized spacial score (nSPS) is 10.1. The van der Waals surface area contributed by atoms with E-state index in [0.717, 1.165) is 0 Å². The van der Waals surface area contributed by atoms with Gasteiger partial charge in [0, 0.05) is 0 Å². The summed E-state index contributed by atoms with van der Waals surface area (Å²) < 4.78 is 0. The van der Waals surface area contributed by atoms with E-state index in [1.165, 1.54) is 47.4 Å². The van der Waals surface area contributed by atoms with Gasteiger partial charge in [-0.2, -0.15) is 11.3 Å². The first-order valence-corrected chi connectivity index (χ1v) is 7.27. The van der Waals surface area contributed by atoms with E-state index >= 15 is 0 Å². The van der Waals surface area contributed by atoms with Crippen molar-refractivity contribution in [3.63, 3.8) is 0 Å². The molecule has 2 rings (SSSR count). The molecule has 0 saturated heterocycles. The molecule has 0 bridgehead atoms. The largest absolute Gasteiger partial charge is 1.00 e. The average molecular weight is 250 g/mol. The summed E-state index contributed by atoms with van der Waals surface area (Å²) in [7, 11) is 0. The van der Waals surface area contributed by atoms with Crippen LogP contribution < -0.4 is 18.9 Å². The van der Waals surface area contributed by atoms with E-state index in [4.69, 9.17) is 0 Å². The van der Waals surface area contributed by atoms with Crippen LogP contribution in [0.15, 0.2) is 36.4 Å². The van der Waals surface area contributed by atoms with Crippen LogP contribution in [0.5, 0.6) is 0 Å². The van der Waals surface area contributed by atoms with Crippen LogP contribution in [0.4, 0.5) is 0 Å². The molecular weight excluding hydrogens is 231 g/mol. The number of unbranched alkanes of at least 4 members (excludes halogenated alkanes) is 3. The molecule has 0 spiro atoms. The third-order valence-corrected chi connectivity index (χ3v) is 4.09. The fraction of sp³-hybridized carbons (Fsp3) is 0.375. The molecule has 0 aliphatic carbocycles. The Balaban J connectivity index is 0.00000162. The molecule has 1 aromatic carbocycles. The summed E-state index contributed by atoms with van der Waals surface area (Å²) >= 11 is 1.91. The Morgan fingerprint density at radius 2 is 1.94 bits per heavy atom. The molecule has 0 unspecified atom stereocenters. The minimum absolute atomic E-state index is 0. The van der Waals surface area contributed by atoms with Crippen molar-refractivity contribution in [2.24, 2.45) is 0 Å². The predicted octanol–water partition coefficient (Wildman–Crippen LogP) is 2.34. The van der Waals surface area contributed by atoms with Crippen LogP contribution in [-0.2, 0) is 6.42 Å². The first-order chi connectivity index (χ1) is 8.40. The summed E-state index contributed by atoms with van der Waals surface area (Å²) in [6.45, 7) is 2.26. The zero-order chi connectivity index (χ0) is 11.9. The van der Waals surface area contributed by atoms with E-state index in [9.17, 15) is 0 Å². The van der Waals surface area contributed by atoms with Crippen molar-refractivity contribution >= 4 is 11.3 Å². The topological polar surface area (TPSA) is 0 Å². The van der Waals surface area contributed by atoms with Gasteiger partial charge in [0.15, 0.2) is 0 Å². The van der Waals surface area contributed by atoms with Crippen molar-refractivity contribution in [2.45, 2.75) is 39.0 Å². The number of thiophene rings is 1. The number of rotatable bonds is 6. The first-order valence-electron chi connectivity index (χ1n) is 6.46. The maximum atomic E-state index is 3.28. The van der Waals surface area contributed by atoms with Crippen molar-refractivity contribution < 1.29 is 18.9 Å².